The standard InChI is InChI=1S/C21H22FN5O.ClH/c22-17-4-1-5-18(11-17)27-20(16-6-9-23-10-7-16)19(14-26-27)21(28)25-13-15-3-2-8-24-12-15;/h1-5,8,11-12,14,16,23H,6-7,9-10,13H2,(H,25,28);1H. The number of amides is 1. The summed E-state index contributed by atoms with van der Waals surface area (Å²) in [5, 5.41) is 10.7. The normalized spacial score (nSPS) is 14.2. The van der Waals surface area contributed by atoms with Crippen molar-refractivity contribution in [3.8, 4) is 5.69 Å². The van der Waals surface area contributed by atoms with Crippen molar-refractivity contribution in [1.29, 1.82) is 0 Å². The van der Waals surface area contributed by atoms with Gasteiger partial charge in [0.2, 0.25) is 0 Å². The zero-order chi connectivity index (χ0) is 19.3. The van der Waals surface area contributed by atoms with E-state index in [1.54, 1.807) is 35.4 Å². The van der Waals surface area contributed by atoms with E-state index in [1.807, 2.05) is 12.1 Å². The maximum atomic E-state index is 13.8. The van der Waals surface area contributed by atoms with Crippen molar-refractivity contribution in [3.63, 3.8) is 0 Å². The Morgan fingerprint density at radius 3 is 2.76 bits per heavy atom. The topological polar surface area (TPSA) is 71.8 Å². The van der Waals surface area contributed by atoms with Gasteiger partial charge in [-0.3, -0.25) is 9.78 Å². The first-order valence-corrected chi connectivity index (χ1v) is 9.44. The van der Waals surface area contributed by atoms with Crippen LogP contribution in [0.1, 0.15) is 40.4 Å². The van der Waals surface area contributed by atoms with E-state index in [4.69, 9.17) is 0 Å². The average Bonchev–Trinajstić information content (AvgIpc) is 3.19. The lowest BCUT2D eigenvalue weighted by molar-refractivity contribution is 0.0949. The number of halogens is 2. The molecular formula is C21H23ClFN5O. The third-order valence-electron chi connectivity index (χ3n) is 5.01. The number of hydrogen-bond donors (Lipinski definition) is 2. The molecule has 3 heterocycles. The molecule has 4 rings (SSSR count). The number of carbonyl (C=O) groups excluding carboxylic acids is 1. The number of nitrogens with one attached hydrogen (secondary N) is 2. The Balaban J connectivity index is 0.00000240. The lowest BCUT2D eigenvalue weighted by Gasteiger charge is -2.24. The summed E-state index contributed by atoms with van der Waals surface area (Å²) in [5.41, 5.74) is 2.94. The second kappa shape index (κ2) is 9.62. The van der Waals surface area contributed by atoms with Crippen molar-refractivity contribution in [3.05, 3.63) is 77.6 Å². The third kappa shape index (κ3) is 4.81. The van der Waals surface area contributed by atoms with Gasteiger partial charge < -0.3 is 10.6 Å². The van der Waals surface area contributed by atoms with Crippen LogP contribution in [-0.2, 0) is 6.54 Å². The fourth-order valence-corrected chi connectivity index (χ4v) is 3.61. The molecule has 0 unspecified atom stereocenters. The van der Waals surface area contributed by atoms with Crippen LogP contribution in [0, 0.1) is 5.82 Å². The fraction of sp³-hybridized carbons (Fsp3) is 0.286. The van der Waals surface area contributed by atoms with Gasteiger partial charge in [0, 0.05) is 24.9 Å². The van der Waals surface area contributed by atoms with Crippen LogP contribution in [0.4, 0.5) is 4.39 Å². The van der Waals surface area contributed by atoms with Gasteiger partial charge in [0.05, 0.1) is 23.1 Å². The van der Waals surface area contributed by atoms with Crippen molar-refractivity contribution >= 4 is 18.3 Å². The van der Waals surface area contributed by atoms with Crippen LogP contribution >= 0.6 is 12.4 Å². The van der Waals surface area contributed by atoms with Gasteiger partial charge in [-0.25, -0.2) is 9.07 Å². The molecule has 1 fully saturated rings. The van der Waals surface area contributed by atoms with Crippen molar-refractivity contribution in [2.75, 3.05) is 13.1 Å². The van der Waals surface area contributed by atoms with Gasteiger partial charge in [0.25, 0.3) is 5.91 Å². The molecule has 0 atom stereocenters. The quantitative estimate of drug-likeness (QED) is 0.671. The largest absolute Gasteiger partial charge is 0.348 e. The number of aromatic nitrogens is 3. The van der Waals surface area contributed by atoms with E-state index in [9.17, 15) is 9.18 Å². The van der Waals surface area contributed by atoms with E-state index in [2.05, 4.69) is 20.7 Å². The van der Waals surface area contributed by atoms with Crippen LogP contribution in [0.25, 0.3) is 5.69 Å². The Bertz CT molecular complexity index is 957. The summed E-state index contributed by atoms with van der Waals surface area (Å²) in [6, 6.07) is 10.0. The van der Waals surface area contributed by atoms with Gasteiger partial charge in [0.15, 0.2) is 0 Å². The molecule has 1 amide bonds. The molecule has 8 heteroatoms. The molecule has 0 bridgehead atoms. The maximum Gasteiger partial charge on any atom is 0.255 e. The number of pyridine rings is 1. The predicted molar refractivity (Wildman–Crippen MR) is 111 cm³/mol. The summed E-state index contributed by atoms with van der Waals surface area (Å²) in [4.78, 5) is 17.0. The predicted octanol–water partition coefficient (Wildman–Crippen LogP) is 3.23. The molecule has 0 aliphatic carbocycles. The Kier molecular flexibility index (Phi) is 6.95. The molecule has 1 aromatic carbocycles. The Hall–Kier alpha value is -2.77. The molecule has 0 radical (unpaired) electrons. The highest BCUT2D eigenvalue weighted by molar-refractivity contribution is 5.95. The molecule has 2 aromatic heterocycles. The van der Waals surface area contributed by atoms with Crippen molar-refractivity contribution in [1.82, 2.24) is 25.4 Å². The molecule has 1 aliphatic heterocycles. The highest BCUT2D eigenvalue weighted by atomic mass is 35.5. The summed E-state index contributed by atoms with van der Waals surface area (Å²) < 4.78 is 15.5. The monoisotopic (exact) mass is 415 g/mol. The Morgan fingerprint density at radius 2 is 2.03 bits per heavy atom. The minimum absolute atomic E-state index is 0. The molecule has 29 heavy (non-hydrogen) atoms. The summed E-state index contributed by atoms with van der Waals surface area (Å²) in [6.07, 6.45) is 6.82. The van der Waals surface area contributed by atoms with Gasteiger partial charge in [-0.2, -0.15) is 5.10 Å². The van der Waals surface area contributed by atoms with Crippen molar-refractivity contribution < 1.29 is 9.18 Å². The lowest BCUT2D eigenvalue weighted by Crippen LogP contribution is -2.30. The molecule has 0 spiro atoms. The number of piperidine rings is 1. The Morgan fingerprint density at radius 1 is 1.21 bits per heavy atom. The number of nitrogens with zero attached hydrogens (tertiary/aromatic N) is 3. The first-order chi connectivity index (χ1) is 13.7. The molecular weight excluding hydrogens is 393 g/mol. The summed E-state index contributed by atoms with van der Waals surface area (Å²) in [7, 11) is 0. The van der Waals surface area contributed by atoms with Crippen LogP contribution in [0.15, 0.2) is 55.0 Å². The highest BCUT2D eigenvalue weighted by Crippen LogP contribution is 2.30. The van der Waals surface area contributed by atoms with E-state index in [-0.39, 0.29) is 30.0 Å². The second-order valence-electron chi connectivity index (χ2n) is 6.90. The second-order valence-corrected chi connectivity index (χ2v) is 6.90. The summed E-state index contributed by atoms with van der Waals surface area (Å²) >= 11 is 0. The van der Waals surface area contributed by atoms with Gasteiger partial charge in [-0.15, -0.1) is 12.4 Å². The smallest absolute Gasteiger partial charge is 0.255 e. The van der Waals surface area contributed by atoms with Crippen molar-refractivity contribution in [2.24, 2.45) is 0 Å². The molecule has 3 aromatic rings. The molecule has 2 N–H and O–H groups in total. The van der Waals surface area contributed by atoms with Gasteiger partial charge in [-0.05, 0) is 55.8 Å². The summed E-state index contributed by atoms with van der Waals surface area (Å²) in [5.74, 6) is -0.321. The van der Waals surface area contributed by atoms with Crippen LogP contribution in [0.5, 0.6) is 0 Å². The maximum absolute atomic E-state index is 13.8. The van der Waals surface area contributed by atoms with Crippen LogP contribution in [0.3, 0.4) is 0 Å². The first-order valence-electron chi connectivity index (χ1n) is 9.44. The fourth-order valence-electron chi connectivity index (χ4n) is 3.61. The van der Waals surface area contributed by atoms with E-state index < -0.39 is 0 Å². The number of benzene rings is 1. The number of rotatable bonds is 5. The third-order valence-corrected chi connectivity index (χ3v) is 5.01. The minimum Gasteiger partial charge on any atom is -0.348 e. The SMILES string of the molecule is Cl.O=C(NCc1cccnc1)c1cnn(-c2cccc(F)c2)c1C1CCNCC1. The first kappa shape index (κ1) is 21.0. The van der Waals surface area contributed by atoms with E-state index in [0.29, 0.717) is 17.8 Å². The number of hydrogen-bond acceptors (Lipinski definition) is 4. The zero-order valence-electron chi connectivity index (χ0n) is 15.8. The molecule has 1 aliphatic rings. The Labute approximate surface area is 175 Å². The zero-order valence-corrected chi connectivity index (χ0v) is 16.7. The van der Waals surface area contributed by atoms with Crippen LogP contribution in [0.2, 0.25) is 0 Å². The average molecular weight is 416 g/mol. The van der Waals surface area contributed by atoms with E-state index >= 15 is 0 Å². The van der Waals surface area contributed by atoms with Gasteiger partial charge in [0.1, 0.15) is 5.82 Å². The highest BCUT2D eigenvalue weighted by Gasteiger charge is 2.27. The van der Waals surface area contributed by atoms with Gasteiger partial charge in [-0.1, -0.05) is 12.1 Å². The van der Waals surface area contributed by atoms with Gasteiger partial charge >= 0.3 is 0 Å². The molecule has 152 valence electrons. The minimum atomic E-state index is -0.327. The van der Waals surface area contributed by atoms with Crippen LogP contribution in [-0.4, -0.2) is 33.8 Å². The number of carbonyl (C=O) groups is 1. The molecule has 0 saturated carbocycles. The molecule has 6 nitrogen and oxygen atoms in total. The summed E-state index contributed by atoms with van der Waals surface area (Å²) in [6.45, 7) is 2.16. The molecule has 1 saturated heterocycles. The van der Waals surface area contributed by atoms with E-state index in [1.165, 1.54) is 12.1 Å². The van der Waals surface area contributed by atoms with E-state index in [0.717, 1.165) is 37.2 Å². The lowest BCUT2D eigenvalue weighted by atomic mass is 9.91. The van der Waals surface area contributed by atoms with Crippen molar-refractivity contribution in [2.45, 2.75) is 25.3 Å². The van der Waals surface area contributed by atoms with Crippen LogP contribution < -0.4 is 10.6 Å².